The van der Waals surface area contributed by atoms with Crippen LogP contribution in [0.5, 0.6) is 0 Å². The molecule has 0 aromatic carbocycles. The number of hydroxylamine groups is 2. The van der Waals surface area contributed by atoms with Crippen LogP contribution in [0.15, 0.2) is 12.2 Å². The zero-order valence-corrected chi connectivity index (χ0v) is 9.41. The van der Waals surface area contributed by atoms with Crippen molar-refractivity contribution in [2.24, 2.45) is 11.8 Å². The SMILES string of the molecule is COC(=O)C1C=CC(O)C1C(=O)N(C)OC. The Labute approximate surface area is 93.4 Å². The molecule has 16 heavy (non-hydrogen) atoms. The summed E-state index contributed by atoms with van der Waals surface area (Å²) >= 11 is 0. The molecule has 3 unspecified atom stereocenters. The van der Waals surface area contributed by atoms with Gasteiger partial charge in [-0.05, 0) is 0 Å². The maximum Gasteiger partial charge on any atom is 0.313 e. The fraction of sp³-hybridized carbons (Fsp3) is 0.600. The number of hydrogen-bond acceptors (Lipinski definition) is 5. The predicted molar refractivity (Wildman–Crippen MR) is 53.9 cm³/mol. The Hall–Kier alpha value is -1.40. The van der Waals surface area contributed by atoms with Crippen LogP contribution < -0.4 is 0 Å². The van der Waals surface area contributed by atoms with Crippen molar-refractivity contribution in [3.8, 4) is 0 Å². The molecule has 0 aromatic rings. The summed E-state index contributed by atoms with van der Waals surface area (Å²) in [5, 5.41) is 10.6. The summed E-state index contributed by atoms with van der Waals surface area (Å²) in [4.78, 5) is 27.9. The van der Waals surface area contributed by atoms with Gasteiger partial charge in [0, 0.05) is 7.05 Å². The number of carbonyl (C=O) groups excluding carboxylic acids is 2. The summed E-state index contributed by atoms with van der Waals surface area (Å²) < 4.78 is 4.56. The molecule has 0 aromatic heterocycles. The van der Waals surface area contributed by atoms with E-state index in [2.05, 4.69) is 4.74 Å². The summed E-state index contributed by atoms with van der Waals surface area (Å²) in [7, 11) is 3.99. The normalized spacial score (nSPS) is 27.9. The molecule has 1 aliphatic carbocycles. The number of methoxy groups -OCH3 is 1. The summed E-state index contributed by atoms with van der Waals surface area (Å²) in [6.07, 6.45) is 1.89. The number of aliphatic hydroxyl groups is 1. The first-order valence-electron chi connectivity index (χ1n) is 4.78. The second-order valence-corrected chi connectivity index (χ2v) is 3.47. The lowest BCUT2D eigenvalue weighted by Crippen LogP contribution is -2.41. The fourth-order valence-electron chi connectivity index (χ4n) is 1.65. The Kier molecular flexibility index (Phi) is 4.03. The van der Waals surface area contributed by atoms with E-state index < -0.39 is 29.8 Å². The molecular formula is C10H15NO5. The third-order valence-electron chi connectivity index (χ3n) is 2.61. The van der Waals surface area contributed by atoms with Crippen LogP contribution in [0.4, 0.5) is 0 Å². The summed E-state index contributed by atoms with van der Waals surface area (Å²) in [6.45, 7) is 0. The Morgan fingerprint density at radius 2 is 1.94 bits per heavy atom. The molecule has 1 N–H and O–H groups in total. The van der Waals surface area contributed by atoms with Gasteiger partial charge in [-0.15, -0.1) is 0 Å². The van der Waals surface area contributed by atoms with Crippen molar-refractivity contribution in [3.05, 3.63) is 12.2 Å². The topological polar surface area (TPSA) is 76.1 Å². The highest BCUT2D eigenvalue weighted by Crippen LogP contribution is 2.28. The van der Waals surface area contributed by atoms with Crippen LogP contribution in [0, 0.1) is 11.8 Å². The van der Waals surface area contributed by atoms with Crippen molar-refractivity contribution in [1.82, 2.24) is 5.06 Å². The summed E-state index contributed by atoms with van der Waals surface area (Å²) in [6, 6.07) is 0. The van der Waals surface area contributed by atoms with E-state index in [1.807, 2.05) is 0 Å². The van der Waals surface area contributed by atoms with Gasteiger partial charge in [0.2, 0.25) is 0 Å². The maximum atomic E-state index is 11.8. The summed E-state index contributed by atoms with van der Waals surface area (Å²) in [5.41, 5.74) is 0. The molecule has 6 heteroatoms. The number of carbonyl (C=O) groups is 2. The lowest BCUT2D eigenvalue weighted by Gasteiger charge is -2.24. The highest BCUT2D eigenvalue weighted by atomic mass is 16.7. The molecule has 0 bridgehead atoms. The van der Waals surface area contributed by atoms with Crippen molar-refractivity contribution < 1.29 is 24.3 Å². The molecule has 0 aliphatic heterocycles. The zero-order valence-electron chi connectivity index (χ0n) is 9.41. The third-order valence-corrected chi connectivity index (χ3v) is 2.61. The number of amides is 1. The second-order valence-electron chi connectivity index (χ2n) is 3.47. The first-order chi connectivity index (χ1) is 7.52. The number of nitrogens with zero attached hydrogens (tertiary/aromatic N) is 1. The highest BCUT2D eigenvalue weighted by molar-refractivity contribution is 5.87. The fourth-order valence-corrected chi connectivity index (χ4v) is 1.65. The number of aliphatic hydroxyl groups excluding tert-OH is 1. The van der Waals surface area contributed by atoms with E-state index in [-0.39, 0.29) is 0 Å². The van der Waals surface area contributed by atoms with Gasteiger partial charge in [-0.1, -0.05) is 12.2 Å². The van der Waals surface area contributed by atoms with Gasteiger partial charge in [-0.3, -0.25) is 14.4 Å². The Morgan fingerprint density at radius 3 is 2.44 bits per heavy atom. The van der Waals surface area contributed by atoms with Crippen molar-refractivity contribution in [2.45, 2.75) is 6.10 Å². The van der Waals surface area contributed by atoms with E-state index in [1.165, 1.54) is 33.4 Å². The van der Waals surface area contributed by atoms with Gasteiger partial charge >= 0.3 is 5.97 Å². The van der Waals surface area contributed by atoms with Gasteiger partial charge in [0.05, 0.1) is 32.2 Å². The van der Waals surface area contributed by atoms with Crippen molar-refractivity contribution in [2.75, 3.05) is 21.3 Å². The number of ether oxygens (including phenoxy) is 1. The molecule has 0 saturated heterocycles. The van der Waals surface area contributed by atoms with Crippen LogP contribution >= 0.6 is 0 Å². The van der Waals surface area contributed by atoms with E-state index in [4.69, 9.17) is 4.84 Å². The van der Waals surface area contributed by atoms with Crippen LogP contribution in [-0.2, 0) is 19.2 Å². The third kappa shape index (κ3) is 2.23. The monoisotopic (exact) mass is 229 g/mol. The first kappa shape index (κ1) is 12.7. The highest BCUT2D eigenvalue weighted by Gasteiger charge is 2.42. The van der Waals surface area contributed by atoms with E-state index in [1.54, 1.807) is 0 Å². The molecule has 0 spiro atoms. The van der Waals surface area contributed by atoms with Crippen LogP contribution in [-0.4, -0.2) is 49.4 Å². The minimum Gasteiger partial charge on any atom is -0.469 e. The molecule has 0 heterocycles. The Balaban J connectivity index is 2.84. The zero-order chi connectivity index (χ0) is 12.3. The number of rotatable bonds is 3. The molecule has 1 aliphatic rings. The quantitative estimate of drug-likeness (QED) is 0.395. The maximum absolute atomic E-state index is 11.8. The molecular weight excluding hydrogens is 214 g/mol. The smallest absolute Gasteiger partial charge is 0.313 e. The van der Waals surface area contributed by atoms with Crippen molar-refractivity contribution in [1.29, 1.82) is 0 Å². The molecule has 90 valence electrons. The van der Waals surface area contributed by atoms with Gasteiger partial charge in [-0.25, -0.2) is 5.06 Å². The van der Waals surface area contributed by atoms with Gasteiger partial charge in [-0.2, -0.15) is 0 Å². The van der Waals surface area contributed by atoms with E-state index in [9.17, 15) is 14.7 Å². The van der Waals surface area contributed by atoms with Gasteiger partial charge < -0.3 is 9.84 Å². The minimum atomic E-state index is -0.991. The largest absolute Gasteiger partial charge is 0.469 e. The van der Waals surface area contributed by atoms with Crippen LogP contribution in [0.25, 0.3) is 0 Å². The molecule has 3 atom stereocenters. The van der Waals surface area contributed by atoms with E-state index in [0.717, 1.165) is 5.06 Å². The Morgan fingerprint density at radius 1 is 1.31 bits per heavy atom. The number of esters is 1. The lowest BCUT2D eigenvalue weighted by atomic mass is 9.93. The van der Waals surface area contributed by atoms with Crippen molar-refractivity contribution in [3.63, 3.8) is 0 Å². The molecule has 6 nitrogen and oxygen atoms in total. The second kappa shape index (κ2) is 5.09. The van der Waals surface area contributed by atoms with Crippen LogP contribution in [0.3, 0.4) is 0 Å². The molecule has 0 saturated carbocycles. The predicted octanol–water partition coefficient (Wildman–Crippen LogP) is -0.658. The van der Waals surface area contributed by atoms with Crippen LogP contribution in [0.1, 0.15) is 0 Å². The van der Waals surface area contributed by atoms with E-state index >= 15 is 0 Å². The van der Waals surface area contributed by atoms with Gasteiger partial charge in [0.1, 0.15) is 0 Å². The lowest BCUT2D eigenvalue weighted by molar-refractivity contribution is -0.179. The standard InChI is InChI=1S/C10H15NO5/c1-11(16-3)9(13)8-6(10(14)15-2)4-5-7(8)12/h4-8,12H,1-3H3. The van der Waals surface area contributed by atoms with E-state index in [0.29, 0.717) is 0 Å². The molecule has 0 radical (unpaired) electrons. The summed E-state index contributed by atoms with van der Waals surface area (Å²) in [5.74, 6) is -2.64. The van der Waals surface area contributed by atoms with Crippen molar-refractivity contribution >= 4 is 11.9 Å². The Bertz CT molecular complexity index is 314. The molecule has 1 amide bonds. The average Bonchev–Trinajstić information content (AvgIpc) is 2.68. The van der Waals surface area contributed by atoms with Gasteiger partial charge in [0.15, 0.2) is 0 Å². The molecule has 1 rings (SSSR count). The van der Waals surface area contributed by atoms with Crippen LogP contribution in [0.2, 0.25) is 0 Å². The van der Waals surface area contributed by atoms with Gasteiger partial charge in [0.25, 0.3) is 5.91 Å². The minimum absolute atomic E-state index is 0.463. The number of hydrogen-bond donors (Lipinski definition) is 1. The molecule has 0 fully saturated rings. The average molecular weight is 229 g/mol. The first-order valence-corrected chi connectivity index (χ1v) is 4.78.